The van der Waals surface area contributed by atoms with Gasteiger partial charge in [-0.15, -0.1) is 0 Å². The first-order valence-electron chi connectivity index (χ1n) is 5.96. The smallest absolute Gasteiger partial charge is 0.169 e. The quantitative estimate of drug-likeness (QED) is 0.703. The molecule has 2 fully saturated rings. The van der Waals surface area contributed by atoms with Gasteiger partial charge in [0.25, 0.3) is 0 Å². The molecule has 1 aliphatic heterocycles. The summed E-state index contributed by atoms with van der Waals surface area (Å²) in [5.74, 6) is -0.470. The number of allylic oxidation sites excluding steroid dienone is 4. The molecule has 1 spiro atoms. The Morgan fingerprint density at radius 1 is 1.35 bits per heavy atom. The van der Waals surface area contributed by atoms with Crippen LogP contribution in [-0.2, 0) is 14.3 Å². The summed E-state index contributed by atoms with van der Waals surface area (Å²) in [6.45, 7) is 8.65. The average Bonchev–Trinajstić information content (AvgIpc) is 2.78. The van der Waals surface area contributed by atoms with Crippen molar-refractivity contribution < 1.29 is 14.3 Å². The normalized spacial score (nSPS) is 28.4. The largest absolute Gasteiger partial charge is 0.347 e. The molecule has 1 atom stereocenters. The molecule has 1 saturated carbocycles. The SMILES string of the molecule is C=C/C=C(\C=C)C1CC2(CCC1=O)OCCO2. The van der Waals surface area contributed by atoms with Crippen LogP contribution in [0.2, 0.25) is 0 Å². The van der Waals surface area contributed by atoms with Gasteiger partial charge in [0.15, 0.2) is 5.79 Å². The molecule has 92 valence electrons. The maximum Gasteiger partial charge on any atom is 0.169 e. The highest BCUT2D eigenvalue weighted by Gasteiger charge is 2.45. The van der Waals surface area contributed by atoms with Gasteiger partial charge in [0.2, 0.25) is 0 Å². The van der Waals surface area contributed by atoms with Crippen molar-refractivity contribution in [3.05, 3.63) is 37.0 Å². The molecule has 0 radical (unpaired) electrons. The maximum absolute atomic E-state index is 12.0. The fraction of sp³-hybridized carbons (Fsp3) is 0.500. The van der Waals surface area contributed by atoms with E-state index in [4.69, 9.17) is 9.47 Å². The fourth-order valence-corrected chi connectivity index (χ4v) is 2.54. The Kier molecular flexibility index (Phi) is 3.60. The van der Waals surface area contributed by atoms with E-state index in [0.717, 1.165) is 5.57 Å². The molecule has 0 aromatic rings. The van der Waals surface area contributed by atoms with Gasteiger partial charge in [0.05, 0.1) is 13.2 Å². The summed E-state index contributed by atoms with van der Waals surface area (Å²) in [5.41, 5.74) is 0.906. The number of rotatable bonds is 3. The summed E-state index contributed by atoms with van der Waals surface area (Å²) in [4.78, 5) is 12.0. The first-order chi connectivity index (χ1) is 8.21. The van der Waals surface area contributed by atoms with E-state index in [-0.39, 0.29) is 11.7 Å². The Balaban J connectivity index is 2.19. The standard InChI is InChI=1S/C14H18O3/c1-3-5-11(4-2)12-10-14(7-6-13(12)15)16-8-9-17-14/h3-5,12H,1-2,6-10H2/b11-5+. The minimum Gasteiger partial charge on any atom is -0.347 e. The minimum absolute atomic E-state index is 0.169. The average molecular weight is 234 g/mol. The van der Waals surface area contributed by atoms with Crippen LogP contribution in [0.4, 0.5) is 0 Å². The Hall–Kier alpha value is -1.19. The second-order valence-corrected chi connectivity index (χ2v) is 4.44. The van der Waals surface area contributed by atoms with Crippen LogP contribution >= 0.6 is 0 Å². The van der Waals surface area contributed by atoms with Gasteiger partial charge in [-0.05, 0) is 5.57 Å². The Labute approximate surface area is 102 Å². The molecule has 17 heavy (non-hydrogen) atoms. The van der Waals surface area contributed by atoms with E-state index in [1.165, 1.54) is 0 Å². The first-order valence-corrected chi connectivity index (χ1v) is 5.96. The lowest BCUT2D eigenvalue weighted by atomic mass is 9.79. The Morgan fingerprint density at radius 3 is 2.65 bits per heavy atom. The van der Waals surface area contributed by atoms with Crippen LogP contribution in [0, 0.1) is 5.92 Å². The van der Waals surface area contributed by atoms with Crippen LogP contribution in [0.1, 0.15) is 19.3 Å². The van der Waals surface area contributed by atoms with E-state index in [0.29, 0.717) is 32.5 Å². The minimum atomic E-state index is -0.540. The van der Waals surface area contributed by atoms with Gasteiger partial charge in [-0.25, -0.2) is 0 Å². The van der Waals surface area contributed by atoms with Crippen molar-refractivity contribution in [1.82, 2.24) is 0 Å². The lowest BCUT2D eigenvalue weighted by Crippen LogP contribution is -2.41. The van der Waals surface area contributed by atoms with E-state index in [1.54, 1.807) is 12.2 Å². The number of hydrogen-bond donors (Lipinski definition) is 0. The number of carbonyl (C=O) groups is 1. The predicted octanol–water partition coefficient (Wildman–Crippen LogP) is 2.40. The Bertz CT molecular complexity index is 362. The van der Waals surface area contributed by atoms with Crippen LogP contribution in [0.25, 0.3) is 0 Å². The van der Waals surface area contributed by atoms with Crippen LogP contribution in [0.15, 0.2) is 37.0 Å². The zero-order chi connectivity index (χ0) is 12.3. The summed E-state index contributed by atoms with van der Waals surface area (Å²) in [7, 11) is 0. The number of hydrogen-bond acceptors (Lipinski definition) is 3. The van der Waals surface area contributed by atoms with Crippen molar-refractivity contribution >= 4 is 5.78 Å². The number of ketones is 1. The molecular weight excluding hydrogens is 216 g/mol. The zero-order valence-corrected chi connectivity index (χ0v) is 9.98. The Morgan fingerprint density at radius 2 is 2.06 bits per heavy atom. The molecule has 2 aliphatic rings. The van der Waals surface area contributed by atoms with E-state index in [9.17, 15) is 4.79 Å². The van der Waals surface area contributed by atoms with Crippen LogP contribution in [0.5, 0.6) is 0 Å². The molecule has 1 saturated heterocycles. The molecule has 0 bridgehead atoms. The molecule has 3 nitrogen and oxygen atoms in total. The summed E-state index contributed by atoms with van der Waals surface area (Å²) < 4.78 is 11.3. The van der Waals surface area contributed by atoms with E-state index in [2.05, 4.69) is 13.2 Å². The van der Waals surface area contributed by atoms with E-state index < -0.39 is 5.79 Å². The van der Waals surface area contributed by atoms with Gasteiger partial charge in [-0.2, -0.15) is 0 Å². The third-order valence-electron chi connectivity index (χ3n) is 3.42. The fourth-order valence-electron chi connectivity index (χ4n) is 2.54. The predicted molar refractivity (Wildman–Crippen MR) is 65.5 cm³/mol. The molecule has 2 rings (SSSR count). The molecule has 3 heteroatoms. The van der Waals surface area contributed by atoms with Crippen molar-refractivity contribution in [2.45, 2.75) is 25.0 Å². The van der Waals surface area contributed by atoms with Gasteiger partial charge in [0.1, 0.15) is 5.78 Å². The van der Waals surface area contributed by atoms with E-state index >= 15 is 0 Å². The van der Waals surface area contributed by atoms with Gasteiger partial charge in [-0.3, -0.25) is 4.79 Å². The van der Waals surface area contributed by atoms with Crippen molar-refractivity contribution in [2.24, 2.45) is 5.92 Å². The van der Waals surface area contributed by atoms with Crippen LogP contribution in [0.3, 0.4) is 0 Å². The highest BCUT2D eigenvalue weighted by Crippen LogP contribution is 2.39. The number of carbonyl (C=O) groups excluding carboxylic acids is 1. The second-order valence-electron chi connectivity index (χ2n) is 4.44. The molecule has 1 heterocycles. The third kappa shape index (κ3) is 2.40. The lowest BCUT2D eigenvalue weighted by Gasteiger charge is -2.35. The van der Waals surface area contributed by atoms with Crippen LogP contribution < -0.4 is 0 Å². The van der Waals surface area contributed by atoms with E-state index in [1.807, 2.05) is 6.08 Å². The van der Waals surface area contributed by atoms with Gasteiger partial charge in [0, 0.05) is 25.2 Å². The van der Waals surface area contributed by atoms with Crippen molar-refractivity contribution in [3.63, 3.8) is 0 Å². The maximum atomic E-state index is 12.0. The second kappa shape index (κ2) is 4.98. The molecular formula is C14H18O3. The lowest BCUT2D eigenvalue weighted by molar-refractivity contribution is -0.186. The molecule has 1 aliphatic carbocycles. The summed E-state index contributed by atoms with van der Waals surface area (Å²) in [6, 6.07) is 0. The van der Waals surface area contributed by atoms with Gasteiger partial charge >= 0.3 is 0 Å². The van der Waals surface area contributed by atoms with Gasteiger partial charge in [-0.1, -0.05) is 31.4 Å². The number of Topliss-reactive ketones (excluding diaryl/α,β-unsaturated/α-hetero) is 1. The highest BCUT2D eigenvalue weighted by molar-refractivity contribution is 5.85. The molecule has 1 unspecified atom stereocenters. The number of ether oxygens (including phenoxy) is 2. The molecule has 0 amide bonds. The van der Waals surface area contributed by atoms with Gasteiger partial charge < -0.3 is 9.47 Å². The molecule has 0 aromatic heterocycles. The zero-order valence-electron chi connectivity index (χ0n) is 9.98. The highest BCUT2D eigenvalue weighted by atomic mass is 16.7. The topological polar surface area (TPSA) is 35.5 Å². The molecule has 0 N–H and O–H groups in total. The van der Waals surface area contributed by atoms with Crippen molar-refractivity contribution in [1.29, 1.82) is 0 Å². The first kappa shape index (κ1) is 12.3. The van der Waals surface area contributed by atoms with Crippen molar-refractivity contribution in [3.8, 4) is 0 Å². The summed E-state index contributed by atoms with van der Waals surface area (Å²) >= 11 is 0. The monoisotopic (exact) mass is 234 g/mol. The molecule has 0 aromatic carbocycles. The summed E-state index contributed by atoms with van der Waals surface area (Å²) in [6.07, 6.45) is 7.01. The van der Waals surface area contributed by atoms with Crippen molar-refractivity contribution in [2.75, 3.05) is 13.2 Å². The third-order valence-corrected chi connectivity index (χ3v) is 3.42. The van der Waals surface area contributed by atoms with Crippen LogP contribution in [-0.4, -0.2) is 24.8 Å². The summed E-state index contributed by atoms with van der Waals surface area (Å²) in [5, 5.41) is 0.